The number of hydrogen-bond donors (Lipinski definition) is 2. The summed E-state index contributed by atoms with van der Waals surface area (Å²) in [4.78, 5) is 53.9. The van der Waals surface area contributed by atoms with Crippen molar-refractivity contribution in [3.8, 4) is 0 Å². The van der Waals surface area contributed by atoms with Crippen molar-refractivity contribution in [2.75, 3.05) is 24.6 Å². The molecule has 2 aliphatic rings. The van der Waals surface area contributed by atoms with Gasteiger partial charge in [0.2, 0.25) is 10.2 Å². The lowest BCUT2D eigenvalue weighted by Gasteiger charge is -2.30. The number of hydrogen-bond acceptors (Lipinski definition) is 10. The first-order valence-electron chi connectivity index (χ1n) is 13.7. The van der Waals surface area contributed by atoms with E-state index in [1.54, 1.807) is 37.4 Å². The minimum Gasteiger partial charge on any atom is -0.480 e. The molecule has 2 fully saturated rings. The molecule has 2 aromatic carbocycles. The molecule has 0 radical (unpaired) electrons. The van der Waals surface area contributed by atoms with Crippen LogP contribution in [0.1, 0.15) is 46.8 Å². The molecule has 0 aliphatic carbocycles. The first-order valence-corrected chi connectivity index (χ1v) is 18.0. The second-order valence-corrected chi connectivity index (χ2v) is 15.3. The Morgan fingerprint density at radius 3 is 1.36 bits per heavy atom. The Bertz CT molecular complexity index is 1190. The van der Waals surface area contributed by atoms with Crippen molar-refractivity contribution in [3.63, 3.8) is 0 Å². The number of benzene rings is 2. The van der Waals surface area contributed by atoms with Gasteiger partial charge in [-0.15, -0.1) is 23.5 Å². The van der Waals surface area contributed by atoms with Crippen molar-refractivity contribution in [1.82, 2.24) is 9.80 Å². The summed E-state index contributed by atoms with van der Waals surface area (Å²) >= 11 is 3.11. The van der Waals surface area contributed by atoms with Crippen LogP contribution in [0.25, 0.3) is 0 Å². The minimum atomic E-state index is -0.911. The van der Waals surface area contributed by atoms with Crippen molar-refractivity contribution < 1.29 is 29.4 Å². The lowest BCUT2D eigenvalue weighted by atomic mass is 10.1. The Kier molecular flexibility index (Phi) is 11.5. The van der Waals surface area contributed by atoms with Crippen LogP contribution in [0.4, 0.5) is 0 Å². The molecule has 2 aliphatic heterocycles. The number of carboxylic acids is 2. The van der Waals surface area contributed by atoms with E-state index in [1.165, 1.54) is 0 Å². The maximum atomic E-state index is 13.1. The highest BCUT2D eigenvalue weighted by atomic mass is 33.1. The molecule has 0 bridgehead atoms. The SMILES string of the molecule is Cc1ccc(C2SCC(C(=O)O)N2C[C@H](C)C(=O)SSC(=O)[C@@H](C)CN2C(C(=O)O)CSC2c2ccc(C)cc2)cc1. The quantitative estimate of drug-likeness (QED) is 0.308. The van der Waals surface area contributed by atoms with Crippen LogP contribution in [0.5, 0.6) is 0 Å². The zero-order valence-electron chi connectivity index (χ0n) is 24.0. The molecule has 42 heavy (non-hydrogen) atoms. The second-order valence-electron chi connectivity index (χ2n) is 10.9. The van der Waals surface area contributed by atoms with Gasteiger partial charge in [0, 0.05) is 36.4 Å². The summed E-state index contributed by atoms with van der Waals surface area (Å²) in [6.07, 6.45) is 0. The van der Waals surface area contributed by atoms with Crippen LogP contribution in [0.15, 0.2) is 48.5 Å². The fourth-order valence-electron chi connectivity index (χ4n) is 5.01. The van der Waals surface area contributed by atoms with Gasteiger partial charge < -0.3 is 10.2 Å². The van der Waals surface area contributed by atoms with Gasteiger partial charge in [-0.3, -0.25) is 29.0 Å². The first kappa shape index (κ1) is 32.9. The van der Waals surface area contributed by atoms with E-state index < -0.39 is 35.9 Å². The fourth-order valence-corrected chi connectivity index (χ4v) is 10.1. The van der Waals surface area contributed by atoms with Crippen molar-refractivity contribution in [3.05, 3.63) is 70.8 Å². The van der Waals surface area contributed by atoms with E-state index in [0.29, 0.717) is 11.5 Å². The maximum Gasteiger partial charge on any atom is 0.321 e. The molecule has 2 aromatic rings. The smallest absolute Gasteiger partial charge is 0.321 e. The molecule has 226 valence electrons. The molecule has 0 amide bonds. The van der Waals surface area contributed by atoms with Gasteiger partial charge in [0.1, 0.15) is 12.1 Å². The summed E-state index contributed by atoms with van der Waals surface area (Å²) in [6, 6.07) is 14.6. The normalized spacial score (nSPS) is 24.4. The zero-order chi connectivity index (χ0) is 30.6. The van der Waals surface area contributed by atoms with Gasteiger partial charge in [-0.2, -0.15) is 0 Å². The number of aliphatic carboxylic acids is 2. The van der Waals surface area contributed by atoms with E-state index in [0.717, 1.165) is 43.8 Å². The third-order valence-electron chi connectivity index (χ3n) is 7.50. The van der Waals surface area contributed by atoms with Crippen molar-refractivity contribution in [2.45, 2.75) is 50.5 Å². The standard InChI is InChI=1S/C30H36N2O6S4/c1-17-5-9-21(10-6-17)25-31(23(15-39-25)27(33)34)13-19(3)29(37)41-42-30(38)20(4)14-32-24(28(35)36)16-40-26(32)22-11-7-18(2)8-12-22/h5-12,19-20,23-26H,13-16H2,1-4H3,(H,33,34)(H,35,36)/t19-,20-,23?,24?,25?,26?/m0/s1. The molecular formula is C30H36N2O6S4. The van der Waals surface area contributed by atoms with Crippen LogP contribution in [0, 0.1) is 25.7 Å². The molecule has 4 rings (SSSR count). The number of rotatable bonds is 10. The van der Waals surface area contributed by atoms with Gasteiger partial charge in [0.25, 0.3) is 0 Å². The second kappa shape index (κ2) is 14.7. The van der Waals surface area contributed by atoms with Crippen LogP contribution in [0.2, 0.25) is 0 Å². The number of aryl methyl sites for hydroxylation is 2. The summed E-state index contributed by atoms with van der Waals surface area (Å²) in [5, 5.41) is 18.9. The largest absolute Gasteiger partial charge is 0.480 e. The Morgan fingerprint density at radius 1 is 0.714 bits per heavy atom. The zero-order valence-corrected chi connectivity index (χ0v) is 27.2. The van der Waals surface area contributed by atoms with E-state index in [4.69, 9.17) is 0 Å². The summed E-state index contributed by atoms with van der Waals surface area (Å²) in [5.74, 6) is -1.93. The predicted octanol–water partition coefficient (Wildman–Crippen LogP) is 5.71. The molecule has 2 saturated heterocycles. The summed E-state index contributed by atoms with van der Waals surface area (Å²) in [5.41, 5.74) is 4.24. The molecule has 0 saturated carbocycles. The van der Waals surface area contributed by atoms with Crippen LogP contribution >= 0.6 is 45.1 Å². The number of carbonyl (C=O) groups is 4. The van der Waals surface area contributed by atoms with Crippen molar-refractivity contribution in [2.24, 2.45) is 11.8 Å². The molecule has 2 heterocycles. The van der Waals surface area contributed by atoms with E-state index >= 15 is 0 Å². The minimum absolute atomic E-state index is 0.164. The average Bonchev–Trinajstić information content (AvgIpc) is 3.57. The molecule has 8 nitrogen and oxygen atoms in total. The highest BCUT2D eigenvalue weighted by Gasteiger charge is 2.42. The third kappa shape index (κ3) is 7.95. The van der Waals surface area contributed by atoms with Gasteiger partial charge in [-0.05, 0) is 46.6 Å². The third-order valence-corrected chi connectivity index (χ3v) is 12.7. The highest BCUT2D eigenvalue weighted by molar-refractivity contribution is 8.87. The van der Waals surface area contributed by atoms with E-state index in [2.05, 4.69) is 0 Å². The topological polar surface area (TPSA) is 115 Å². The summed E-state index contributed by atoms with van der Waals surface area (Å²) in [6.45, 7) is 8.06. The van der Waals surface area contributed by atoms with Crippen LogP contribution in [-0.4, -0.2) is 78.9 Å². The molecular weight excluding hydrogens is 613 g/mol. The van der Waals surface area contributed by atoms with Gasteiger partial charge in [-0.25, -0.2) is 0 Å². The predicted molar refractivity (Wildman–Crippen MR) is 173 cm³/mol. The van der Waals surface area contributed by atoms with E-state index in [-0.39, 0.29) is 34.1 Å². The van der Waals surface area contributed by atoms with Gasteiger partial charge >= 0.3 is 11.9 Å². The molecule has 0 aromatic heterocycles. The van der Waals surface area contributed by atoms with Crippen LogP contribution < -0.4 is 0 Å². The molecule has 12 heteroatoms. The molecule has 0 spiro atoms. The Hall–Kier alpha value is -1.96. The number of nitrogens with zero attached hydrogens (tertiary/aromatic N) is 2. The Balaban J connectivity index is 1.35. The fraction of sp³-hybridized carbons (Fsp3) is 0.467. The number of carboxylic acid groups (broad SMARTS) is 2. The van der Waals surface area contributed by atoms with E-state index in [9.17, 15) is 29.4 Å². The van der Waals surface area contributed by atoms with E-state index in [1.807, 2.05) is 72.2 Å². The van der Waals surface area contributed by atoms with Crippen molar-refractivity contribution >= 4 is 67.3 Å². The average molecular weight is 649 g/mol. The van der Waals surface area contributed by atoms with Crippen LogP contribution in [0.3, 0.4) is 0 Å². The van der Waals surface area contributed by atoms with Gasteiger partial charge in [0.15, 0.2) is 0 Å². The highest BCUT2D eigenvalue weighted by Crippen LogP contribution is 2.44. The summed E-state index contributed by atoms with van der Waals surface area (Å²) in [7, 11) is 1.77. The van der Waals surface area contributed by atoms with Gasteiger partial charge in [-0.1, -0.05) is 73.5 Å². The number of carbonyl (C=O) groups excluding carboxylic acids is 2. The van der Waals surface area contributed by atoms with Crippen molar-refractivity contribution in [1.29, 1.82) is 0 Å². The monoisotopic (exact) mass is 648 g/mol. The lowest BCUT2D eigenvalue weighted by Crippen LogP contribution is -2.42. The lowest BCUT2D eigenvalue weighted by molar-refractivity contribution is -0.143. The summed E-state index contributed by atoms with van der Waals surface area (Å²) < 4.78 is 0. The Morgan fingerprint density at radius 2 is 1.05 bits per heavy atom. The molecule has 2 N–H and O–H groups in total. The Labute approximate surface area is 263 Å². The van der Waals surface area contributed by atoms with Crippen LogP contribution in [-0.2, 0) is 19.2 Å². The number of thioether (sulfide) groups is 2. The molecule has 6 atom stereocenters. The maximum absolute atomic E-state index is 13.1. The van der Waals surface area contributed by atoms with Gasteiger partial charge in [0.05, 0.1) is 10.7 Å². The first-order chi connectivity index (χ1) is 20.0. The molecule has 4 unspecified atom stereocenters.